The van der Waals surface area contributed by atoms with Crippen LogP contribution in [0, 0.1) is 0 Å². The fourth-order valence-corrected chi connectivity index (χ4v) is 4.02. The van der Waals surface area contributed by atoms with Crippen molar-refractivity contribution in [2.24, 2.45) is 5.10 Å². The van der Waals surface area contributed by atoms with Crippen molar-refractivity contribution < 1.29 is 9.84 Å². The van der Waals surface area contributed by atoms with Gasteiger partial charge in [-0.1, -0.05) is 103 Å². The predicted molar refractivity (Wildman–Crippen MR) is 146 cm³/mol. The quantitative estimate of drug-likeness (QED) is 0.0787. The third kappa shape index (κ3) is 16.4. The number of phenolic OH excluding ortho intramolecular Hbond substituents is 1. The summed E-state index contributed by atoms with van der Waals surface area (Å²) >= 11 is 5.24. The minimum Gasteiger partial charge on any atom is -0.504 e. The molecule has 0 aliphatic rings. The number of benzene rings is 1. The molecule has 0 aliphatic heterocycles. The number of methoxy groups -OCH3 is 1. The van der Waals surface area contributed by atoms with Crippen molar-refractivity contribution in [1.82, 2.24) is 10.7 Å². The first-order chi connectivity index (χ1) is 16.2. The van der Waals surface area contributed by atoms with Crippen LogP contribution in [-0.4, -0.2) is 30.1 Å². The summed E-state index contributed by atoms with van der Waals surface area (Å²) in [6, 6.07) is 5.11. The molecule has 0 fully saturated rings. The van der Waals surface area contributed by atoms with E-state index in [0.717, 1.165) is 18.5 Å². The second-order valence-corrected chi connectivity index (χ2v) is 9.27. The lowest BCUT2D eigenvalue weighted by atomic mass is 10.0. The Bertz CT molecular complexity index is 652. The van der Waals surface area contributed by atoms with Crippen LogP contribution in [0.1, 0.15) is 115 Å². The van der Waals surface area contributed by atoms with Crippen molar-refractivity contribution in [3.63, 3.8) is 0 Å². The summed E-state index contributed by atoms with van der Waals surface area (Å²) in [5.41, 5.74) is 3.58. The number of rotatable bonds is 20. The van der Waals surface area contributed by atoms with Gasteiger partial charge in [-0.15, -0.1) is 0 Å². The smallest absolute Gasteiger partial charge is 0.186 e. The Morgan fingerprint density at radius 1 is 0.879 bits per heavy atom. The van der Waals surface area contributed by atoms with Crippen molar-refractivity contribution in [3.05, 3.63) is 23.8 Å². The highest BCUT2D eigenvalue weighted by atomic mass is 32.1. The van der Waals surface area contributed by atoms with Crippen molar-refractivity contribution in [1.29, 1.82) is 0 Å². The highest BCUT2D eigenvalue weighted by Gasteiger charge is 2.01. The third-order valence-corrected chi connectivity index (χ3v) is 6.13. The molecule has 188 valence electrons. The molecule has 1 aromatic carbocycles. The van der Waals surface area contributed by atoms with Crippen LogP contribution in [-0.2, 0) is 0 Å². The molecule has 0 atom stereocenters. The zero-order valence-electron chi connectivity index (χ0n) is 21.0. The second kappa shape index (κ2) is 20.8. The van der Waals surface area contributed by atoms with E-state index in [1.54, 1.807) is 18.3 Å². The normalized spacial score (nSPS) is 11.1. The van der Waals surface area contributed by atoms with Crippen molar-refractivity contribution in [2.75, 3.05) is 13.7 Å². The van der Waals surface area contributed by atoms with E-state index in [0.29, 0.717) is 10.9 Å². The predicted octanol–water partition coefficient (Wildman–Crippen LogP) is 7.46. The van der Waals surface area contributed by atoms with Gasteiger partial charge >= 0.3 is 0 Å². The molecule has 1 aromatic rings. The monoisotopic (exact) mass is 477 g/mol. The van der Waals surface area contributed by atoms with Gasteiger partial charge in [0.25, 0.3) is 0 Å². The number of aromatic hydroxyl groups is 1. The molecule has 0 saturated carbocycles. The number of hydrogen-bond acceptors (Lipinski definition) is 4. The summed E-state index contributed by atoms with van der Waals surface area (Å²) in [7, 11) is 1.52. The van der Waals surface area contributed by atoms with Gasteiger partial charge in [0.1, 0.15) is 0 Å². The number of ether oxygens (including phenoxy) is 1. The van der Waals surface area contributed by atoms with Gasteiger partial charge in [0.2, 0.25) is 0 Å². The lowest BCUT2D eigenvalue weighted by Crippen LogP contribution is -2.32. The summed E-state index contributed by atoms with van der Waals surface area (Å²) in [5, 5.41) is 17.6. The number of hydrogen-bond donors (Lipinski definition) is 3. The van der Waals surface area contributed by atoms with Crippen molar-refractivity contribution >= 4 is 23.5 Å². The van der Waals surface area contributed by atoms with Gasteiger partial charge in [0.05, 0.1) is 13.3 Å². The molecule has 0 unspecified atom stereocenters. The van der Waals surface area contributed by atoms with Crippen LogP contribution in [0.15, 0.2) is 23.3 Å². The maximum absolute atomic E-state index is 9.77. The number of hydrazone groups is 1. The summed E-state index contributed by atoms with van der Waals surface area (Å²) < 4.78 is 5.03. The number of thiocarbonyl (C=S) groups is 1. The van der Waals surface area contributed by atoms with Crippen molar-refractivity contribution in [3.8, 4) is 11.5 Å². The highest BCUT2D eigenvalue weighted by Crippen LogP contribution is 2.25. The van der Waals surface area contributed by atoms with Gasteiger partial charge in [0.15, 0.2) is 16.6 Å². The number of nitrogens with zero attached hydrogens (tertiary/aromatic N) is 1. The molecule has 0 saturated heterocycles. The van der Waals surface area contributed by atoms with E-state index in [1.807, 2.05) is 6.07 Å². The standard InChI is InChI=1S/C27H47N3O2S/c1-3-4-5-6-7-8-9-10-11-12-13-14-15-16-17-18-21-28-27(33)30-29-23-24-19-20-26(32-2)25(31)22-24/h19-20,22-23,31H,3-18,21H2,1-2H3,(H2,28,30,33). The SMILES string of the molecule is CCCCCCCCCCCCCCCCCCNC(=S)NN=Cc1ccc(OC)c(O)c1. The topological polar surface area (TPSA) is 65.9 Å². The van der Waals surface area contributed by atoms with Crippen LogP contribution in [0.3, 0.4) is 0 Å². The largest absolute Gasteiger partial charge is 0.504 e. The van der Waals surface area contributed by atoms with Crippen LogP contribution in [0.2, 0.25) is 0 Å². The summed E-state index contributed by atoms with van der Waals surface area (Å²) in [5.74, 6) is 0.529. The Hall–Kier alpha value is -1.82. The van der Waals surface area contributed by atoms with E-state index in [4.69, 9.17) is 17.0 Å². The number of unbranched alkanes of at least 4 members (excludes halogenated alkanes) is 15. The van der Waals surface area contributed by atoms with Gasteiger partial charge < -0.3 is 15.2 Å². The molecule has 0 heterocycles. The Balaban J connectivity index is 1.87. The summed E-state index contributed by atoms with van der Waals surface area (Å²) in [4.78, 5) is 0. The number of nitrogens with one attached hydrogen (secondary N) is 2. The van der Waals surface area contributed by atoms with E-state index in [1.165, 1.54) is 103 Å². The molecular formula is C27H47N3O2S. The van der Waals surface area contributed by atoms with Gasteiger partial charge in [0, 0.05) is 6.54 Å². The molecule has 0 bridgehead atoms. The first kappa shape index (κ1) is 29.2. The molecule has 3 N–H and O–H groups in total. The maximum atomic E-state index is 9.77. The first-order valence-electron chi connectivity index (χ1n) is 13.1. The van der Waals surface area contributed by atoms with Crippen LogP contribution >= 0.6 is 12.2 Å². The van der Waals surface area contributed by atoms with Gasteiger partial charge in [-0.3, -0.25) is 5.43 Å². The van der Waals surface area contributed by atoms with E-state index in [2.05, 4.69) is 22.8 Å². The molecule has 0 radical (unpaired) electrons. The minimum absolute atomic E-state index is 0.0886. The molecule has 0 aromatic heterocycles. The molecular weight excluding hydrogens is 430 g/mol. The third-order valence-electron chi connectivity index (χ3n) is 5.90. The van der Waals surface area contributed by atoms with Gasteiger partial charge in [-0.2, -0.15) is 5.10 Å². The lowest BCUT2D eigenvalue weighted by molar-refractivity contribution is 0.373. The highest BCUT2D eigenvalue weighted by molar-refractivity contribution is 7.80. The molecule has 0 spiro atoms. The Morgan fingerprint density at radius 3 is 1.88 bits per heavy atom. The minimum atomic E-state index is 0.0886. The summed E-state index contributed by atoms with van der Waals surface area (Å²) in [6.07, 6.45) is 23.6. The fraction of sp³-hybridized carbons (Fsp3) is 0.704. The number of phenols is 1. The second-order valence-electron chi connectivity index (χ2n) is 8.86. The van der Waals surface area contributed by atoms with Crippen LogP contribution in [0.25, 0.3) is 0 Å². The fourth-order valence-electron chi connectivity index (χ4n) is 3.87. The molecule has 0 aliphatic carbocycles. The maximum Gasteiger partial charge on any atom is 0.186 e. The van der Waals surface area contributed by atoms with Crippen LogP contribution in [0.5, 0.6) is 11.5 Å². The zero-order valence-corrected chi connectivity index (χ0v) is 21.9. The van der Waals surface area contributed by atoms with E-state index in [9.17, 15) is 5.11 Å². The molecule has 6 heteroatoms. The zero-order chi connectivity index (χ0) is 24.0. The molecule has 5 nitrogen and oxygen atoms in total. The average Bonchev–Trinajstić information content (AvgIpc) is 2.81. The Morgan fingerprint density at radius 2 is 1.39 bits per heavy atom. The van der Waals surface area contributed by atoms with Crippen molar-refractivity contribution in [2.45, 2.75) is 110 Å². The molecule has 0 amide bonds. The van der Waals surface area contributed by atoms with Gasteiger partial charge in [-0.25, -0.2) is 0 Å². The van der Waals surface area contributed by atoms with Crippen LogP contribution in [0.4, 0.5) is 0 Å². The average molecular weight is 478 g/mol. The van der Waals surface area contributed by atoms with E-state index >= 15 is 0 Å². The lowest BCUT2D eigenvalue weighted by Gasteiger charge is -2.07. The van der Waals surface area contributed by atoms with Crippen LogP contribution < -0.4 is 15.5 Å². The Kier molecular flexibility index (Phi) is 18.4. The molecule has 1 rings (SSSR count). The van der Waals surface area contributed by atoms with Gasteiger partial charge in [-0.05, 0) is 42.4 Å². The first-order valence-corrected chi connectivity index (χ1v) is 13.5. The van der Waals surface area contributed by atoms with E-state index < -0.39 is 0 Å². The molecule has 33 heavy (non-hydrogen) atoms. The summed E-state index contributed by atoms with van der Waals surface area (Å²) in [6.45, 7) is 3.15. The Labute approximate surface area is 207 Å². The van der Waals surface area contributed by atoms with E-state index in [-0.39, 0.29) is 5.75 Å².